The van der Waals surface area contributed by atoms with E-state index in [9.17, 15) is 9.59 Å². The molecule has 0 aliphatic heterocycles. The molecule has 2 amide bonds. The fourth-order valence-electron chi connectivity index (χ4n) is 2.60. The van der Waals surface area contributed by atoms with Crippen LogP contribution in [0.25, 0.3) is 11.3 Å². The van der Waals surface area contributed by atoms with Crippen molar-refractivity contribution in [3.05, 3.63) is 54.2 Å². The topological polar surface area (TPSA) is 103 Å². The molecule has 0 aliphatic carbocycles. The predicted octanol–water partition coefficient (Wildman–Crippen LogP) is 3.96. The van der Waals surface area contributed by atoms with E-state index >= 15 is 0 Å². The fourth-order valence-corrected chi connectivity index (χ4v) is 2.60. The summed E-state index contributed by atoms with van der Waals surface area (Å²) in [6.07, 6.45) is 0.394. The lowest BCUT2D eigenvalue weighted by Gasteiger charge is -2.07. The van der Waals surface area contributed by atoms with Crippen molar-refractivity contribution in [1.82, 2.24) is 5.16 Å². The number of nitrogens with zero attached hydrogens (tertiary/aromatic N) is 1. The highest BCUT2D eigenvalue weighted by molar-refractivity contribution is 6.03. The smallest absolute Gasteiger partial charge is 0.277 e. The lowest BCUT2D eigenvalue weighted by molar-refractivity contribution is -0.115. The first-order valence-corrected chi connectivity index (χ1v) is 8.94. The highest BCUT2D eigenvalue weighted by atomic mass is 16.5. The van der Waals surface area contributed by atoms with Gasteiger partial charge in [-0.2, -0.15) is 0 Å². The molecule has 2 N–H and O–H groups in total. The van der Waals surface area contributed by atoms with Crippen LogP contribution >= 0.6 is 0 Å². The van der Waals surface area contributed by atoms with E-state index in [1.807, 2.05) is 0 Å². The van der Waals surface area contributed by atoms with Crippen molar-refractivity contribution in [1.29, 1.82) is 0 Å². The largest absolute Gasteiger partial charge is 0.497 e. The van der Waals surface area contributed by atoms with E-state index in [1.165, 1.54) is 6.07 Å². The Morgan fingerprint density at radius 1 is 0.966 bits per heavy atom. The first kappa shape index (κ1) is 19.9. The molecule has 0 fully saturated rings. The molecule has 3 aromatic rings. The van der Waals surface area contributed by atoms with Crippen LogP contribution < -0.4 is 20.1 Å². The summed E-state index contributed by atoms with van der Waals surface area (Å²) >= 11 is 0. The lowest BCUT2D eigenvalue weighted by Crippen LogP contribution is -2.12. The molecule has 0 unspecified atom stereocenters. The highest BCUT2D eigenvalue weighted by Crippen LogP contribution is 2.33. The second-order valence-electron chi connectivity index (χ2n) is 6.08. The number of hydrogen-bond acceptors (Lipinski definition) is 6. The van der Waals surface area contributed by atoms with Gasteiger partial charge in [0.2, 0.25) is 5.91 Å². The van der Waals surface area contributed by atoms with Crippen molar-refractivity contribution in [2.24, 2.45) is 0 Å². The number of methoxy groups -OCH3 is 2. The van der Waals surface area contributed by atoms with Crippen molar-refractivity contribution >= 4 is 23.2 Å². The molecule has 0 radical (unpaired) electrons. The third kappa shape index (κ3) is 4.73. The van der Waals surface area contributed by atoms with Gasteiger partial charge in [-0.3, -0.25) is 9.59 Å². The lowest BCUT2D eigenvalue weighted by atomic mass is 10.1. The molecule has 1 aromatic heterocycles. The molecular weight excluding hydrogens is 374 g/mol. The number of amides is 2. The molecule has 29 heavy (non-hydrogen) atoms. The summed E-state index contributed by atoms with van der Waals surface area (Å²) in [4.78, 5) is 23.9. The average molecular weight is 395 g/mol. The quantitative estimate of drug-likeness (QED) is 0.628. The Labute approximate surface area is 167 Å². The van der Waals surface area contributed by atoms with Gasteiger partial charge >= 0.3 is 0 Å². The molecule has 0 saturated heterocycles. The van der Waals surface area contributed by atoms with Crippen LogP contribution in [0, 0.1) is 0 Å². The van der Waals surface area contributed by atoms with E-state index < -0.39 is 5.91 Å². The molecule has 0 spiro atoms. The van der Waals surface area contributed by atoms with E-state index in [1.54, 1.807) is 63.6 Å². The maximum Gasteiger partial charge on any atom is 0.277 e. The second-order valence-corrected chi connectivity index (χ2v) is 6.08. The Hall–Kier alpha value is -3.81. The number of benzene rings is 2. The van der Waals surface area contributed by atoms with Gasteiger partial charge in [0.1, 0.15) is 11.5 Å². The van der Waals surface area contributed by atoms with Gasteiger partial charge in [0.25, 0.3) is 5.91 Å². The minimum absolute atomic E-state index is 0.0788. The van der Waals surface area contributed by atoms with Crippen molar-refractivity contribution in [2.45, 2.75) is 13.3 Å². The summed E-state index contributed by atoms with van der Waals surface area (Å²) in [7, 11) is 3.10. The first-order valence-electron chi connectivity index (χ1n) is 8.94. The first-order chi connectivity index (χ1) is 14.0. The van der Waals surface area contributed by atoms with Gasteiger partial charge in [0, 0.05) is 23.9 Å². The summed E-state index contributed by atoms with van der Waals surface area (Å²) in [5, 5.41) is 9.33. The summed E-state index contributed by atoms with van der Waals surface area (Å²) in [5.74, 6) is 1.07. The van der Waals surface area contributed by atoms with Gasteiger partial charge in [-0.25, -0.2) is 0 Å². The number of carbonyl (C=O) groups is 2. The zero-order valence-electron chi connectivity index (χ0n) is 16.3. The molecule has 3 rings (SSSR count). The van der Waals surface area contributed by atoms with Crippen molar-refractivity contribution < 1.29 is 23.6 Å². The molecule has 0 saturated carbocycles. The minimum Gasteiger partial charge on any atom is -0.497 e. The maximum atomic E-state index is 12.5. The molecule has 2 aromatic carbocycles. The van der Waals surface area contributed by atoms with E-state index in [2.05, 4.69) is 15.8 Å². The second kappa shape index (κ2) is 8.92. The zero-order valence-corrected chi connectivity index (χ0v) is 16.3. The molecule has 150 valence electrons. The maximum absolute atomic E-state index is 12.5. The fraction of sp³-hybridized carbons (Fsp3) is 0.190. The number of ether oxygens (including phenoxy) is 2. The Balaban J connectivity index is 1.74. The normalized spacial score (nSPS) is 10.3. The zero-order chi connectivity index (χ0) is 20.8. The number of carbonyl (C=O) groups excluding carboxylic acids is 2. The van der Waals surface area contributed by atoms with Crippen LogP contribution in [0.1, 0.15) is 23.8 Å². The molecular formula is C21H21N3O5. The average Bonchev–Trinajstić information content (AvgIpc) is 3.24. The van der Waals surface area contributed by atoms with Gasteiger partial charge in [0.05, 0.1) is 19.8 Å². The van der Waals surface area contributed by atoms with Crippen LogP contribution in [0.2, 0.25) is 0 Å². The van der Waals surface area contributed by atoms with Gasteiger partial charge < -0.3 is 24.6 Å². The molecule has 1 heterocycles. The SMILES string of the molecule is CCC(=O)Nc1ccc(NC(=O)c2cc(-c3cc(OC)ccc3OC)on2)cc1. The Morgan fingerprint density at radius 3 is 2.28 bits per heavy atom. The van der Waals surface area contributed by atoms with E-state index in [-0.39, 0.29) is 11.6 Å². The molecule has 0 atom stereocenters. The summed E-state index contributed by atoms with van der Waals surface area (Å²) in [6, 6.07) is 13.6. The standard InChI is InChI=1S/C21H21N3O5/c1-4-20(25)22-13-5-7-14(8-6-13)23-21(26)17-12-19(29-24-17)16-11-15(27-2)9-10-18(16)28-3/h5-12H,4H2,1-3H3,(H,22,25)(H,23,26). The van der Waals surface area contributed by atoms with Crippen LogP contribution in [0.15, 0.2) is 53.1 Å². The van der Waals surface area contributed by atoms with E-state index in [0.29, 0.717) is 40.6 Å². The van der Waals surface area contributed by atoms with Crippen molar-refractivity contribution in [2.75, 3.05) is 24.9 Å². The highest BCUT2D eigenvalue weighted by Gasteiger charge is 2.17. The van der Waals surface area contributed by atoms with Gasteiger partial charge in [0.15, 0.2) is 11.5 Å². The number of hydrogen-bond donors (Lipinski definition) is 2. The monoisotopic (exact) mass is 395 g/mol. The Morgan fingerprint density at radius 2 is 1.66 bits per heavy atom. The van der Waals surface area contributed by atoms with Gasteiger partial charge in [-0.1, -0.05) is 12.1 Å². The van der Waals surface area contributed by atoms with Gasteiger partial charge in [-0.05, 0) is 42.5 Å². The molecule has 0 aliphatic rings. The van der Waals surface area contributed by atoms with Crippen molar-refractivity contribution in [3.8, 4) is 22.8 Å². The number of anilines is 2. The van der Waals surface area contributed by atoms with Gasteiger partial charge in [-0.15, -0.1) is 0 Å². The number of aromatic nitrogens is 1. The Bertz CT molecular complexity index is 1010. The summed E-state index contributed by atoms with van der Waals surface area (Å²) < 4.78 is 15.9. The molecule has 8 nitrogen and oxygen atoms in total. The van der Waals surface area contributed by atoms with Crippen LogP contribution in [-0.4, -0.2) is 31.2 Å². The third-order valence-corrected chi connectivity index (χ3v) is 4.16. The summed E-state index contributed by atoms with van der Waals surface area (Å²) in [6.45, 7) is 1.78. The molecule has 0 bridgehead atoms. The third-order valence-electron chi connectivity index (χ3n) is 4.16. The van der Waals surface area contributed by atoms with Crippen LogP contribution in [0.3, 0.4) is 0 Å². The van der Waals surface area contributed by atoms with E-state index in [4.69, 9.17) is 14.0 Å². The summed E-state index contributed by atoms with van der Waals surface area (Å²) in [5.41, 5.74) is 1.96. The van der Waals surface area contributed by atoms with Crippen molar-refractivity contribution in [3.63, 3.8) is 0 Å². The molecule has 8 heteroatoms. The number of rotatable bonds is 7. The van der Waals surface area contributed by atoms with Crippen LogP contribution in [-0.2, 0) is 4.79 Å². The minimum atomic E-state index is -0.424. The van der Waals surface area contributed by atoms with Crippen LogP contribution in [0.4, 0.5) is 11.4 Å². The Kier molecular flexibility index (Phi) is 6.13. The number of nitrogens with one attached hydrogen (secondary N) is 2. The predicted molar refractivity (Wildman–Crippen MR) is 108 cm³/mol. The van der Waals surface area contributed by atoms with E-state index in [0.717, 1.165) is 0 Å². The van der Waals surface area contributed by atoms with Crippen LogP contribution in [0.5, 0.6) is 11.5 Å².